The van der Waals surface area contributed by atoms with Crippen molar-refractivity contribution in [3.8, 4) is 17.2 Å². The van der Waals surface area contributed by atoms with Crippen LogP contribution in [0, 0.1) is 26.3 Å². The monoisotopic (exact) mass is 2030 g/mol. The highest BCUT2D eigenvalue weighted by Crippen LogP contribution is 2.38. The number of carbonyl (C=O) groups excluding carboxylic acids is 5. The van der Waals surface area contributed by atoms with Gasteiger partial charge in [0.1, 0.15) is 69.4 Å². The van der Waals surface area contributed by atoms with Gasteiger partial charge in [-0.15, -0.1) is 0 Å². The minimum absolute atomic E-state index is 0.00443. The van der Waals surface area contributed by atoms with Crippen LogP contribution >= 0.6 is 136 Å². The number of hydrazine groups is 1. The lowest BCUT2D eigenvalue weighted by Crippen LogP contribution is -2.45. The second kappa shape index (κ2) is 39.2. The number of aryl methyl sites for hydroxylation is 3. The molecule has 0 fully saturated rings. The number of halogens is 6. The number of hydrogen-bond acceptors (Lipinski definition) is 15. The minimum atomic E-state index is -0.176. The number of hydrogen-bond donors (Lipinski definition) is 3. The zero-order chi connectivity index (χ0) is 71.4. The summed E-state index contributed by atoms with van der Waals surface area (Å²) in [6, 6.07) is 34.0. The molecule has 0 atom stereocenters. The van der Waals surface area contributed by atoms with Crippen LogP contribution in [0.5, 0.6) is 17.2 Å². The fraction of sp³-hybridized carbons (Fsp3) is 0.373. The van der Waals surface area contributed by atoms with Gasteiger partial charge < -0.3 is 38.1 Å². The van der Waals surface area contributed by atoms with Gasteiger partial charge in [0.25, 0.3) is 6.54 Å². The molecule has 3 aromatic heterocycles. The highest BCUT2D eigenvalue weighted by atomic mass is 127. The van der Waals surface area contributed by atoms with Crippen molar-refractivity contribution in [2.45, 2.75) is 78.6 Å². The first-order chi connectivity index (χ1) is 48.3. The quantitative estimate of drug-likeness (QED) is 0.0140. The summed E-state index contributed by atoms with van der Waals surface area (Å²) in [6.45, 7) is 10.3. The van der Waals surface area contributed by atoms with Crippen molar-refractivity contribution in [3.63, 3.8) is 0 Å². The summed E-state index contributed by atoms with van der Waals surface area (Å²) < 4.78 is 41.9. The van der Waals surface area contributed by atoms with Crippen LogP contribution in [0.4, 0.5) is 0 Å². The van der Waals surface area contributed by atoms with Crippen molar-refractivity contribution in [2.75, 3.05) is 106 Å². The van der Waals surface area contributed by atoms with Crippen LogP contribution in [0.3, 0.4) is 0 Å². The minimum Gasteiger partial charge on any atom is -0.490 e. The Kier molecular flexibility index (Phi) is 31.0. The third-order valence-corrected chi connectivity index (χ3v) is 21.6. The first-order valence-electron chi connectivity index (χ1n) is 33.6. The number of nitrogens with one attached hydrogen (secondary N) is 3. The highest BCUT2D eigenvalue weighted by Gasteiger charge is 2.28. The number of para-hydroxylation sites is 3. The molecule has 530 valence electrons. The fourth-order valence-corrected chi connectivity index (χ4v) is 17.8. The van der Waals surface area contributed by atoms with Crippen molar-refractivity contribution in [3.05, 3.63) is 186 Å². The Morgan fingerprint density at radius 1 is 0.440 bits per heavy atom. The maximum Gasteiger partial charge on any atom is 0.258 e. The van der Waals surface area contributed by atoms with Crippen molar-refractivity contribution in [1.29, 1.82) is 0 Å². The number of rotatable bonds is 41. The van der Waals surface area contributed by atoms with Crippen LogP contribution in [0.2, 0.25) is 0 Å². The van der Waals surface area contributed by atoms with Gasteiger partial charge in [0.15, 0.2) is 24.0 Å². The number of benzene rings is 6. The summed E-state index contributed by atoms with van der Waals surface area (Å²) >= 11 is 13.2. The molecule has 0 aliphatic heterocycles. The fourth-order valence-electron chi connectivity index (χ4n) is 11.5. The van der Waals surface area contributed by atoms with Crippen LogP contribution in [0.25, 0.3) is 32.9 Å². The predicted octanol–water partition coefficient (Wildman–Crippen LogP) is 15.5. The molecule has 0 bridgehead atoms. The van der Waals surface area contributed by atoms with E-state index in [-0.39, 0.29) is 62.0 Å². The summed E-state index contributed by atoms with van der Waals surface area (Å²) in [5.74, 6) is 3.39. The molecule has 0 saturated carbocycles. The number of amides is 2. The lowest BCUT2D eigenvalue weighted by molar-refractivity contribution is -0.607. The summed E-state index contributed by atoms with van der Waals surface area (Å²) in [5.41, 5.74) is 8.47. The molecule has 0 aliphatic rings. The van der Waals surface area contributed by atoms with Crippen LogP contribution in [0.1, 0.15) is 124 Å². The van der Waals surface area contributed by atoms with Crippen LogP contribution in [-0.4, -0.2) is 155 Å². The number of carbonyl (C=O) groups is 5. The molecular formula is C75H82I6N7O12+. The van der Waals surface area contributed by atoms with E-state index in [4.69, 9.17) is 27.5 Å². The number of ketones is 3. The number of likely N-dealkylation sites (N-methyl/N-ethyl adjacent to an activating group) is 2. The average molecular weight is 2030 g/mol. The van der Waals surface area contributed by atoms with Crippen molar-refractivity contribution >= 4 is 198 Å². The normalized spacial score (nSPS) is 11.6. The second-order valence-electron chi connectivity index (χ2n) is 24.4. The van der Waals surface area contributed by atoms with Crippen molar-refractivity contribution < 1.29 is 56.3 Å². The van der Waals surface area contributed by atoms with E-state index in [1.165, 1.54) is 0 Å². The SMILES string of the molecule is CCCCc1oc2ccccc2c1C(=O)c1cc(I)c(OCCN(C)CC(=O)NCCN(CCNC(=O)CN(C)CCOc2c(I)cc(C(=O)c3c(CCCC)oc4ccccc34)cc2I)CCN[N+](=O)CCOc2c(I)cc(C(=O)c3c(CCCC)oc4ccccc34)cc2I)c(I)c1. The Bertz CT molecular complexity index is 4130. The summed E-state index contributed by atoms with van der Waals surface area (Å²) in [5, 5.41) is 8.49. The molecule has 3 heterocycles. The van der Waals surface area contributed by atoms with E-state index < -0.39 is 0 Å². The lowest BCUT2D eigenvalue weighted by Gasteiger charge is -2.23. The van der Waals surface area contributed by atoms with Gasteiger partial charge in [-0.25, -0.2) is 0 Å². The first-order valence-corrected chi connectivity index (χ1v) is 40.1. The molecule has 0 unspecified atom stereocenters. The van der Waals surface area contributed by atoms with E-state index in [2.05, 4.69) is 177 Å². The van der Waals surface area contributed by atoms with Crippen LogP contribution in [-0.2, 0) is 28.9 Å². The number of unbranched alkanes of at least 4 members (excludes halogenated alkanes) is 3. The van der Waals surface area contributed by atoms with Crippen LogP contribution in [0.15, 0.2) is 122 Å². The van der Waals surface area contributed by atoms with E-state index >= 15 is 0 Å². The number of nitrogens with zero attached hydrogens (tertiary/aromatic N) is 4. The number of nitroso groups, excluding NO2 is 1. The molecule has 9 aromatic rings. The number of furan rings is 3. The zero-order valence-corrected chi connectivity index (χ0v) is 69.6. The number of ether oxygens (including phenoxy) is 3. The summed E-state index contributed by atoms with van der Waals surface area (Å²) in [4.78, 5) is 88.9. The van der Waals surface area contributed by atoms with E-state index in [1.807, 2.05) is 133 Å². The third-order valence-electron chi connectivity index (χ3n) is 16.8. The van der Waals surface area contributed by atoms with Gasteiger partial charge in [0, 0.05) is 97.9 Å². The molecule has 9 rings (SSSR count). The molecular weight excluding hydrogens is 1950 g/mol. The molecule has 0 aliphatic carbocycles. The maximum absolute atomic E-state index is 14.1. The zero-order valence-electron chi connectivity index (χ0n) is 56.6. The molecule has 19 nitrogen and oxygen atoms in total. The van der Waals surface area contributed by atoms with E-state index in [9.17, 15) is 28.9 Å². The number of fused-ring (bicyclic) bond motifs is 3. The highest BCUT2D eigenvalue weighted by molar-refractivity contribution is 14.1. The predicted molar refractivity (Wildman–Crippen MR) is 441 cm³/mol. The topological polar surface area (TPSA) is 218 Å². The van der Waals surface area contributed by atoms with E-state index in [1.54, 1.807) is 0 Å². The molecule has 0 spiro atoms. The molecule has 25 heteroatoms. The summed E-state index contributed by atoms with van der Waals surface area (Å²) in [7, 11) is 3.70. The largest absolute Gasteiger partial charge is 0.490 e. The lowest BCUT2D eigenvalue weighted by atomic mass is 9.98. The Morgan fingerprint density at radius 3 is 1.08 bits per heavy atom. The Balaban J connectivity index is 0.751. The van der Waals surface area contributed by atoms with Crippen LogP contribution < -0.4 is 30.3 Å². The smallest absolute Gasteiger partial charge is 0.258 e. The van der Waals surface area contributed by atoms with Crippen molar-refractivity contribution in [1.82, 2.24) is 30.8 Å². The standard InChI is InChI=1S/C75H81I6N7O12/c1-6-9-21-62-67(50-18-12-15-24-59(50)98-62)70(91)47-39-53(76)73(54(77)40-47)95-36-33-85(4)45-65(89)82-27-30-87(32-29-84-88(94)35-38-97-75-57(80)43-49(44-58(75)81)72(93)69-52-20-14-17-26-61(52)100-64(69)23-11-8-3)31-28-83-66(90)46-86(5)34-37-96-74-55(78)41-48(42-56(74)79)71(92)68-51-19-13-16-25-60(51)99-63(68)22-10-7-2/h12-20,24-26,39-44H,6-11,21-23,27-38,45-46H2,1-5H3,(H2-,82,83,84,89,90,94)/p+1. The first kappa shape index (κ1) is 79.1. The third kappa shape index (κ3) is 21.3. The maximum atomic E-state index is 14.1. The van der Waals surface area contributed by atoms with Gasteiger partial charge in [-0.2, -0.15) is 5.43 Å². The van der Waals surface area contributed by atoms with Gasteiger partial charge in [0.05, 0.1) is 62.7 Å². The Morgan fingerprint density at radius 2 is 0.750 bits per heavy atom. The average Bonchev–Trinajstić information content (AvgIpc) is 1.62. The molecule has 100 heavy (non-hydrogen) atoms. The summed E-state index contributed by atoms with van der Waals surface area (Å²) in [6.07, 6.45) is 7.68. The van der Waals surface area contributed by atoms with E-state index in [0.29, 0.717) is 163 Å². The van der Waals surface area contributed by atoms with Gasteiger partial charge in [-0.05, 0) is 224 Å². The molecule has 0 radical (unpaired) electrons. The second-order valence-corrected chi connectivity index (χ2v) is 31.3. The van der Waals surface area contributed by atoms with Crippen molar-refractivity contribution in [2.24, 2.45) is 0 Å². The van der Waals surface area contributed by atoms with Gasteiger partial charge >= 0.3 is 0 Å². The molecule has 2 amide bonds. The van der Waals surface area contributed by atoms with Gasteiger partial charge in [-0.3, -0.25) is 38.7 Å². The molecule has 0 saturated heterocycles. The molecule has 6 aromatic carbocycles. The molecule has 3 N–H and O–H groups in total. The van der Waals surface area contributed by atoms with Gasteiger partial charge in [-0.1, -0.05) is 94.6 Å². The van der Waals surface area contributed by atoms with E-state index in [0.717, 1.165) is 81.0 Å². The Hall–Kier alpha value is -5.05. The Labute approximate surface area is 665 Å². The van der Waals surface area contributed by atoms with Gasteiger partial charge in [0.2, 0.25) is 11.8 Å².